The first-order chi connectivity index (χ1) is 9.74. The summed E-state index contributed by atoms with van der Waals surface area (Å²) in [7, 11) is 0. The number of thiophene rings is 1. The Bertz CT molecular complexity index is 568. The van der Waals surface area contributed by atoms with Crippen molar-refractivity contribution in [2.24, 2.45) is 0 Å². The van der Waals surface area contributed by atoms with Gasteiger partial charge in [0.25, 0.3) is 5.91 Å². The van der Waals surface area contributed by atoms with Crippen LogP contribution in [0.5, 0.6) is 0 Å². The fourth-order valence-electron chi connectivity index (χ4n) is 2.73. The van der Waals surface area contributed by atoms with Crippen molar-refractivity contribution in [3.8, 4) is 0 Å². The van der Waals surface area contributed by atoms with Gasteiger partial charge in [0.2, 0.25) is 0 Å². The van der Waals surface area contributed by atoms with Crippen LogP contribution >= 0.6 is 11.3 Å². The molecule has 0 aliphatic carbocycles. The predicted molar refractivity (Wildman–Crippen MR) is 84.4 cm³/mol. The summed E-state index contributed by atoms with van der Waals surface area (Å²) in [5, 5.41) is 4.21. The van der Waals surface area contributed by atoms with E-state index >= 15 is 0 Å². The molecular weight excluding hydrogens is 268 g/mol. The predicted octanol–water partition coefficient (Wildman–Crippen LogP) is 3.12. The molecule has 3 rings (SSSR count). The standard InChI is InChI=1S/C16H20N2OS/c1-12(18-8-4-5-9-18)11-17-16(19)15-10-13-6-2-3-7-14(13)20-15/h2-3,6-7,10,12H,4-5,8-9,11H2,1H3,(H,17,19)/t12-/m0/s1. The Labute approximate surface area is 123 Å². The SMILES string of the molecule is C[C@@H](CNC(=O)c1cc2ccccc2s1)N1CCCC1. The van der Waals surface area contributed by atoms with E-state index in [1.54, 1.807) is 11.3 Å². The zero-order valence-corrected chi connectivity index (χ0v) is 12.6. The number of fused-ring (bicyclic) bond motifs is 1. The van der Waals surface area contributed by atoms with Crippen molar-refractivity contribution < 1.29 is 4.79 Å². The molecule has 0 saturated carbocycles. The summed E-state index contributed by atoms with van der Waals surface area (Å²) >= 11 is 1.56. The van der Waals surface area contributed by atoms with Gasteiger partial charge in [-0.05, 0) is 50.4 Å². The molecule has 1 aromatic carbocycles. The van der Waals surface area contributed by atoms with E-state index in [9.17, 15) is 4.79 Å². The molecule has 0 spiro atoms. The first-order valence-corrected chi connectivity index (χ1v) is 8.06. The Morgan fingerprint density at radius 2 is 2.10 bits per heavy atom. The Balaban J connectivity index is 1.61. The van der Waals surface area contributed by atoms with Crippen molar-refractivity contribution in [3.63, 3.8) is 0 Å². The van der Waals surface area contributed by atoms with Crippen molar-refractivity contribution >= 4 is 27.3 Å². The van der Waals surface area contributed by atoms with Crippen LogP contribution in [0, 0.1) is 0 Å². The molecule has 2 aromatic rings. The molecule has 4 heteroatoms. The van der Waals surface area contributed by atoms with Gasteiger partial charge in [-0.2, -0.15) is 0 Å². The van der Waals surface area contributed by atoms with Gasteiger partial charge in [-0.3, -0.25) is 9.69 Å². The van der Waals surface area contributed by atoms with E-state index in [0.29, 0.717) is 6.04 Å². The lowest BCUT2D eigenvalue weighted by Crippen LogP contribution is -2.40. The summed E-state index contributed by atoms with van der Waals surface area (Å²) in [5.74, 6) is 0.0530. The second kappa shape index (κ2) is 5.94. The van der Waals surface area contributed by atoms with Crippen LogP contribution in [0.1, 0.15) is 29.4 Å². The number of carbonyl (C=O) groups is 1. The number of benzene rings is 1. The molecule has 0 radical (unpaired) electrons. The van der Waals surface area contributed by atoms with Crippen LogP contribution in [0.3, 0.4) is 0 Å². The Morgan fingerprint density at radius 3 is 2.85 bits per heavy atom. The molecule has 1 aromatic heterocycles. The Hall–Kier alpha value is -1.39. The fraction of sp³-hybridized carbons (Fsp3) is 0.438. The van der Waals surface area contributed by atoms with Crippen molar-refractivity contribution in [1.29, 1.82) is 0 Å². The molecular formula is C16H20N2OS. The number of hydrogen-bond donors (Lipinski definition) is 1. The summed E-state index contributed by atoms with van der Waals surface area (Å²) in [6.45, 7) is 5.25. The fourth-order valence-corrected chi connectivity index (χ4v) is 3.71. The summed E-state index contributed by atoms with van der Waals surface area (Å²) in [5.41, 5.74) is 0. The maximum absolute atomic E-state index is 12.2. The summed E-state index contributed by atoms with van der Waals surface area (Å²) < 4.78 is 1.17. The van der Waals surface area contributed by atoms with E-state index < -0.39 is 0 Å². The van der Waals surface area contributed by atoms with Crippen LogP contribution in [0.15, 0.2) is 30.3 Å². The molecule has 106 valence electrons. The first-order valence-electron chi connectivity index (χ1n) is 7.25. The molecule has 1 fully saturated rings. The van der Waals surface area contributed by atoms with Crippen LogP contribution < -0.4 is 5.32 Å². The zero-order valence-electron chi connectivity index (χ0n) is 11.8. The van der Waals surface area contributed by atoms with Crippen molar-refractivity contribution in [1.82, 2.24) is 10.2 Å². The summed E-state index contributed by atoms with van der Waals surface area (Å²) in [4.78, 5) is 15.5. The summed E-state index contributed by atoms with van der Waals surface area (Å²) in [6.07, 6.45) is 2.57. The van der Waals surface area contributed by atoms with Gasteiger partial charge >= 0.3 is 0 Å². The normalized spacial score (nSPS) is 17.4. The maximum Gasteiger partial charge on any atom is 0.261 e. The van der Waals surface area contributed by atoms with Crippen molar-refractivity contribution in [3.05, 3.63) is 35.2 Å². The minimum absolute atomic E-state index is 0.0530. The van der Waals surface area contributed by atoms with Gasteiger partial charge in [0, 0.05) is 17.3 Å². The topological polar surface area (TPSA) is 32.3 Å². The van der Waals surface area contributed by atoms with Crippen LogP contribution in [-0.4, -0.2) is 36.5 Å². The number of likely N-dealkylation sites (tertiary alicyclic amines) is 1. The molecule has 1 atom stereocenters. The van der Waals surface area contributed by atoms with Gasteiger partial charge in [-0.25, -0.2) is 0 Å². The van der Waals surface area contributed by atoms with Crippen LogP contribution in [0.2, 0.25) is 0 Å². The van der Waals surface area contributed by atoms with E-state index in [0.717, 1.165) is 16.8 Å². The van der Waals surface area contributed by atoms with E-state index in [-0.39, 0.29) is 5.91 Å². The summed E-state index contributed by atoms with van der Waals surface area (Å²) in [6, 6.07) is 10.5. The number of nitrogens with one attached hydrogen (secondary N) is 1. The quantitative estimate of drug-likeness (QED) is 0.937. The van der Waals surface area contributed by atoms with E-state index in [4.69, 9.17) is 0 Å². The Morgan fingerprint density at radius 1 is 1.35 bits per heavy atom. The van der Waals surface area contributed by atoms with Gasteiger partial charge in [0.05, 0.1) is 4.88 Å². The lowest BCUT2D eigenvalue weighted by atomic mass is 10.2. The highest BCUT2D eigenvalue weighted by molar-refractivity contribution is 7.20. The highest BCUT2D eigenvalue weighted by Crippen LogP contribution is 2.25. The second-order valence-electron chi connectivity index (χ2n) is 5.45. The second-order valence-corrected chi connectivity index (χ2v) is 6.53. The van der Waals surface area contributed by atoms with Gasteiger partial charge in [0.15, 0.2) is 0 Å². The first kappa shape index (κ1) is 13.6. The van der Waals surface area contributed by atoms with Crippen LogP contribution in [0.4, 0.5) is 0 Å². The van der Waals surface area contributed by atoms with E-state index in [1.165, 1.54) is 30.6 Å². The monoisotopic (exact) mass is 288 g/mol. The smallest absolute Gasteiger partial charge is 0.261 e. The molecule has 0 bridgehead atoms. The highest BCUT2D eigenvalue weighted by Gasteiger charge is 2.19. The number of hydrogen-bond acceptors (Lipinski definition) is 3. The molecule has 1 aliphatic heterocycles. The molecule has 0 unspecified atom stereocenters. The highest BCUT2D eigenvalue weighted by atomic mass is 32.1. The molecule has 1 amide bonds. The van der Waals surface area contributed by atoms with Gasteiger partial charge in [0.1, 0.15) is 0 Å². The van der Waals surface area contributed by atoms with Gasteiger partial charge in [-0.15, -0.1) is 11.3 Å². The number of amides is 1. The lowest BCUT2D eigenvalue weighted by molar-refractivity contribution is 0.0944. The average molecular weight is 288 g/mol. The number of nitrogens with zero attached hydrogens (tertiary/aromatic N) is 1. The van der Waals surface area contributed by atoms with E-state index in [1.807, 2.05) is 18.2 Å². The Kier molecular flexibility index (Phi) is 4.03. The minimum Gasteiger partial charge on any atom is -0.350 e. The van der Waals surface area contributed by atoms with Crippen LogP contribution in [-0.2, 0) is 0 Å². The van der Waals surface area contributed by atoms with Crippen molar-refractivity contribution in [2.75, 3.05) is 19.6 Å². The largest absolute Gasteiger partial charge is 0.350 e. The number of carbonyl (C=O) groups excluding carboxylic acids is 1. The molecule has 3 nitrogen and oxygen atoms in total. The lowest BCUT2D eigenvalue weighted by Gasteiger charge is -2.23. The molecule has 2 heterocycles. The third-order valence-corrected chi connectivity index (χ3v) is 5.09. The van der Waals surface area contributed by atoms with E-state index in [2.05, 4.69) is 29.3 Å². The van der Waals surface area contributed by atoms with Crippen LogP contribution in [0.25, 0.3) is 10.1 Å². The van der Waals surface area contributed by atoms with Crippen molar-refractivity contribution in [2.45, 2.75) is 25.8 Å². The molecule has 1 aliphatic rings. The molecule has 20 heavy (non-hydrogen) atoms. The molecule has 1 saturated heterocycles. The maximum atomic E-state index is 12.2. The van der Waals surface area contributed by atoms with Gasteiger partial charge in [-0.1, -0.05) is 18.2 Å². The zero-order chi connectivity index (χ0) is 13.9. The third kappa shape index (κ3) is 2.86. The number of rotatable bonds is 4. The minimum atomic E-state index is 0.0530. The third-order valence-electron chi connectivity index (χ3n) is 3.97. The molecule has 1 N–H and O–H groups in total. The average Bonchev–Trinajstić information content (AvgIpc) is 3.12. The van der Waals surface area contributed by atoms with Gasteiger partial charge < -0.3 is 5.32 Å².